The van der Waals surface area contributed by atoms with Gasteiger partial charge in [0.1, 0.15) is 5.75 Å². The molecule has 0 saturated heterocycles. The van der Waals surface area contributed by atoms with Gasteiger partial charge in [0.15, 0.2) is 0 Å². The standard InChI is InChI=1S/C8H3BrClF3O2/c9-6-3-4(15-8(11,12)13)1-2-5(6)7(10)14/h1-3H. The van der Waals surface area contributed by atoms with Crippen molar-refractivity contribution < 1.29 is 22.7 Å². The van der Waals surface area contributed by atoms with Crippen LogP contribution in [-0.2, 0) is 0 Å². The third kappa shape index (κ3) is 3.71. The minimum absolute atomic E-state index is 0.0752. The van der Waals surface area contributed by atoms with Gasteiger partial charge in [-0.05, 0) is 45.7 Å². The summed E-state index contributed by atoms with van der Waals surface area (Å²) in [6, 6.07) is 3.16. The van der Waals surface area contributed by atoms with Crippen LogP contribution in [0.15, 0.2) is 22.7 Å². The van der Waals surface area contributed by atoms with Crippen LogP contribution in [0.4, 0.5) is 13.2 Å². The van der Waals surface area contributed by atoms with E-state index in [2.05, 4.69) is 20.7 Å². The molecule has 0 N–H and O–H groups in total. The lowest BCUT2D eigenvalue weighted by Crippen LogP contribution is -2.17. The molecule has 1 aromatic carbocycles. The Balaban J connectivity index is 2.97. The molecule has 0 heterocycles. The zero-order valence-electron chi connectivity index (χ0n) is 6.94. The maximum absolute atomic E-state index is 11.8. The van der Waals surface area contributed by atoms with Crippen molar-refractivity contribution in [3.8, 4) is 5.75 Å². The van der Waals surface area contributed by atoms with Gasteiger partial charge < -0.3 is 4.74 Å². The average molecular weight is 303 g/mol. The van der Waals surface area contributed by atoms with Crippen LogP contribution in [0.25, 0.3) is 0 Å². The maximum Gasteiger partial charge on any atom is 0.573 e. The fourth-order valence-electron chi connectivity index (χ4n) is 0.852. The number of carbonyl (C=O) groups excluding carboxylic acids is 1. The largest absolute Gasteiger partial charge is 0.573 e. The zero-order valence-corrected chi connectivity index (χ0v) is 9.28. The van der Waals surface area contributed by atoms with E-state index in [-0.39, 0.29) is 10.0 Å². The van der Waals surface area contributed by atoms with Gasteiger partial charge in [0, 0.05) is 10.0 Å². The predicted octanol–water partition coefficient (Wildman–Crippen LogP) is 3.73. The SMILES string of the molecule is O=C(Cl)c1ccc(OC(F)(F)F)cc1Br. The highest BCUT2D eigenvalue weighted by Gasteiger charge is 2.31. The first-order valence-corrected chi connectivity index (χ1v) is 4.72. The third-order valence-electron chi connectivity index (χ3n) is 1.39. The van der Waals surface area contributed by atoms with E-state index >= 15 is 0 Å². The first kappa shape index (κ1) is 12.3. The molecule has 0 bridgehead atoms. The highest BCUT2D eigenvalue weighted by molar-refractivity contribution is 9.10. The van der Waals surface area contributed by atoms with Crippen LogP contribution in [0.5, 0.6) is 5.75 Å². The number of halogens is 5. The van der Waals surface area contributed by atoms with Crippen molar-refractivity contribution in [2.45, 2.75) is 6.36 Å². The van der Waals surface area contributed by atoms with Crippen LogP contribution in [-0.4, -0.2) is 11.6 Å². The number of hydrogen-bond donors (Lipinski definition) is 0. The van der Waals surface area contributed by atoms with Gasteiger partial charge in [0.25, 0.3) is 5.24 Å². The number of hydrogen-bond acceptors (Lipinski definition) is 2. The normalized spacial score (nSPS) is 11.3. The Kier molecular flexibility index (Phi) is 3.62. The number of benzene rings is 1. The van der Waals surface area contributed by atoms with Crippen molar-refractivity contribution in [3.05, 3.63) is 28.2 Å². The van der Waals surface area contributed by atoms with E-state index < -0.39 is 17.4 Å². The van der Waals surface area contributed by atoms with E-state index in [0.717, 1.165) is 18.2 Å². The van der Waals surface area contributed by atoms with Gasteiger partial charge >= 0.3 is 6.36 Å². The van der Waals surface area contributed by atoms with Crippen molar-refractivity contribution in [1.29, 1.82) is 0 Å². The van der Waals surface area contributed by atoms with Crippen LogP contribution in [0, 0.1) is 0 Å². The average Bonchev–Trinajstić information content (AvgIpc) is 1.99. The molecule has 7 heteroatoms. The highest BCUT2D eigenvalue weighted by atomic mass is 79.9. The van der Waals surface area contributed by atoms with Crippen LogP contribution in [0.3, 0.4) is 0 Å². The van der Waals surface area contributed by atoms with Crippen LogP contribution in [0.2, 0.25) is 0 Å². The summed E-state index contributed by atoms with van der Waals surface area (Å²) >= 11 is 8.06. The second-order valence-corrected chi connectivity index (χ2v) is 3.66. The van der Waals surface area contributed by atoms with Crippen LogP contribution >= 0.6 is 27.5 Å². The molecule has 0 unspecified atom stereocenters. The van der Waals surface area contributed by atoms with E-state index in [4.69, 9.17) is 11.6 Å². The Hall–Kier alpha value is -0.750. The maximum atomic E-state index is 11.8. The summed E-state index contributed by atoms with van der Waals surface area (Å²) in [5, 5.41) is -0.763. The molecule has 1 aromatic rings. The molecule has 1 rings (SSSR count). The number of rotatable bonds is 2. The second kappa shape index (κ2) is 4.40. The Morgan fingerprint density at radius 3 is 2.40 bits per heavy atom. The Morgan fingerprint density at radius 1 is 1.40 bits per heavy atom. The molecule has 82 valence electrons. The van der Waals surface area contributed by atoms with Crippen LogP contribution < -0.4 is 4.74 Å². The summed E-state index contributed by atoms with van der Waals surface area (Å²) in [5.74, 6) is -0.420. The molecule has 2 nitrogen and oxygen atoms in total. The number of alkyl halides is 3. The highest BCUT2D eigenvalue weighted by Crippen LogP contribution is 2.28. The minimum Gasteiger partial charge on any atom is -0.406 e. The van der Waals surface area contributed by atoms with Crippen molar-refractivity contribution >= 4 is 32.8 Å². The molecule has 0 aliphatic heterocycles. The molecule has 0 saturated carbocycles. The van der Waals surface area contributed by atoms with Crippen molar-refractivity contribution in [3.63, 3.8) is 0 Å². The van der Waals surface area contributed by atoms with Crippen molar-refractivity contribution in [1.82, 2.24) is 0 Å². The summed E-state index contributed by atoms with van der Waals surface area (Å²) in [5.41, 5.74) is 0.0752. The van der Waals surface area contributed by atoms with E-state index in [1.165, 1.54) is 0 Å². The first-order valence-electron chi connectivity index (χ1n) is 3.55. The summed E-state index contributed by atoms with van der Waals surface area (Å²) in [6.07, 6.45) is -4.76. The molecule has 0 atom stereocenters. The lowest BCUT2D eigenvalue weighted by molar-refractivity contribution is -0.274. The van der Waals surface area contributed by atoms with Gasteiger partial charge in [-0.1, -0.05) is 0 Å². The molecule has 0 aliphatic rings. The summed E-state index contributed by atoms with van der Waals surface area (Å²) in [6.45, 7) is 0. The molecular formula is C8H3BrClF3O2. The zero-order chi connectivity index (χ0) is 11.6. The minimum atomic E-state index is -4.76. The molecule has 0 aliphatic carbocycles. The second-order valence-electron chi connectivity index (χ2n) is 2.46. The fourth-order valence-corrected chi connectivity index (χ4v) is 1.67. The lowest BCUT2D eigenvalue weighted by Gasteiger charge is -2.09. The van der Waals surface area contributed by atoms with Gasteiger partial charge in [-0.25, -0.2) is 0 Å². The smallest absolute Gasteiger partial charge is 0.406 e. The monoisotopic (exact) mass is 302 g/mol. The van der Waals surface area contributed by atoms with E-state index in [0.29, 0.717) is 0 Å². The Bertz CT molecular complexity index is 392. The van der Waals surface area contributed by atoms with Crippen molar-refractivity contribution in [2.75, 3.05) is 0 Å². The Morgan fingerprint density at radius 2 is 2.00 bits per heavy atom. The predicted molar refractivity (Wildman–Crippen MR) is 51.0 cm³/mol. The quantitative estimate of drug-likeness (QED) is 0.778. The fraction of sp³-hybridized carbons (Fsp3) is 0.125. The molecule has 0 aromatic heterocycles. The lowest BCUT2D eigenvalue weighted by atomic mass is 10.2. The molecule has 0 radical (unpaired) electrons. The summed E-state index contributed by atoms with van der Waals surface area (Å²) in [4.78, 5) is 10.7. The van der Waals surface area contributed by atoms with Gasteiger partial charge in [-0.2, -0.15) is 0 Å². The van der Waals surface area contributed by atoms with Crippen LogP contribution in [0.1, 0.15) is 10.4 Å². The third-order valence-corrected chi connectivity index (χ3v) is 2.25. The van der Waals surface area contributed by atoms with E-state index in [9.17, 15) is 18.0 Å². The van der Waals surface area contributed by atoms with Gasteiger partial charge in [0.05, 0.1) is 0 Å². The summed E-state index contributed by atoms with van der Waals surface area (Å²) in [7, 11) is 0. The molecule has 0 spiro atoms. The number of carbonyl (C=O) groups is 1. The number of ether oxygens (including phenoxy) is 1. The molecule has 0 amide bonds. The van der Waals surface area contributed by atoms with E-state index in [1.54, 1.807) is 0 Å². The summed E-state index contributed by atoms with van der Waals surface area (Å²) < 4.78 is 39.2. The van der Waals surface area contributed by atoms with Gasteiger partial charge in [-0.15, -0.1) is 13.2 Å². The first-order chi connectivity index (χ1) is 6.79. The van der Waals surface area contributed by atoms with Gasteiger partial charge in [-0.3, -0.25) is 4.79 Å². The molecule has 0 fully saturated rings. The van der Waals surface area contributed by atoms with E-state index in [1.807, 2.05) is 0 Å². The van der Waals surface area contributed by atoms with Crippen molar-refractivity contribution in [2.24, 2.45) is 0 Å². The Labute approximate surface area is 96.1 Å². The molecule has 15 heavy (non-hydrogen) atoms. The van der Waals surface area contributed by atoms with Gasteiger partial charge in [0.2, 0.25) is 0 Å². The topological polar surface area (TPSA) is 26.3 Å². The molecular weight excluding hydrogens is 300 g/mol.